The minimum atomic E-state index is -0.0698. The predicted molar refractivity (Wildman–Crippen MR) is 123 cm³/mol. The molecule has 1 aliphatic rings. The van der Waals surface area contributed by atoms with E-state index in [0.717, 1.165) is 35.1 Å². The first-order valence-corrected chi connectivity index (χ1v) is 10.9. The van der Waals surface area contributed by atoms with Gasteiger partial charge in [0.25, 0.3) is 5.91 Å². The number of carbonyl (C=O) groups excluding carboxylic acids is 1. The Morgan fingerprint density at radius 3 is 2.68 bits per heavy atom. The van der Waals surface area contributed by atoms with Crippen LogP contribution in [0.15, 0.2) is 60.7 Å². The molecule has 0 spiro atoms. The maximum atomic E-state index is 13.3. The van der Waals surface area contributed by atoms with Gasteiger partial charge in [0, 0.05) is 5.56 Å². The first kappa shape index (κ1) is 19.8. The summed E-state index contributed by atoms with van der Waals surface area (Å²) in [7, 11) is 0. The summed E-state index contributed by atoms with van der Waals surface area (Å²) < 4.78 is 1.73. The van der Waals surface area contributed by atoms with Gasteiger partial charge in [-0.05, 0) is 59.7 Å². The molecule has 0 fully saturated rings. The number of aryl methyl sites for hydroxylation is 1. The van der Waals surface area contributed by atoms with Crippen molar-refractivity contribution in [2.45, 2.75) is 38.6 Å². The van der Waals surface area contributed by atoms with Crippen LogP contribution in [-0.4, -0.2) is 20.9 Å². The van der Waals surface area contributed by atoms with Crippen molar-refractivity contribution in [3.63, 3.8) is 0 Å². The van der Waals surface area contributed by atoms with Crippen LogP contribution in [0.4, 0.5) is 0 Å². The lowest BCUT2D eigenvalue weighted by Gasteiger charge is -2.18. The van der Waals surface area contributed by atoms with Crippen LogP contribution >= 0.6 is 11.6 Å². The maximum Gasteiger partial charge on any atom is 0.252 e. The van der Waals surface area contributed by atoms with Crippen molar-refractivity contribution in [3.8, 4) is 5.69 Å². The molecule has 3 aromatic carbocycles. The van der Waals surface area contributed by atoms with E-state index in [-0.39, 0.29) is 17.9 Å². The second kappa shape index (κ2) is 7.82. The summed E-state index contributed by atoms with van der Waals surface area (Å²) in [6.07, 6.45) is 1.91. The fourth-order valence-electron chi connectivity index (χ4n) is 4.54. The Morgan fingerprint density at radius 2 is 1.87 bits per heavy atom. The molecule has 0 saturated heterocycles. The number of halogens is 1. The summed E-state index contributed by atoms with van der Waals surface area (Å²) in [6.45, 7) is 4.15. The zero-order chi connectivity index (χ0) is 21.5. The summed E-state index contributed by atoms with van der Waals surface area (Å²) in [5, 5.41) is 12.6. The highest BCUT2D eigenvalue weighted by Crippen LogP contribution is 2.33. The molecule has 1 N–H and O–H groups in total. The number of aromatic nitrogens is 3. The van der Waals surface area contributed by atoms with Gasteiger partial charge in [0.15, 0.2) is 0 Å². The molecule has 0 saturated carbocycles. The van der Waals surface area contributed by atoms with Crippen LogP contribution in [-0.2, 0) is 6.42 Å². The summed E-state index contributed by atoms with van der Waals surface area (Å²) >= 11 is 6.38. The third-order valence-corrected chi connectivity index (χ3v) is 6.32. The average Bonchev–Trinajstić information content (AvgIpc) is 3.37. The highest BCUT2D eigenvalue weighted by atomic mass is 35.5. The van der Waals surface area contributed by atoms with Gasteiger partial charge in [-0.3, -0.25) is 4.79 Å². The molecule has 0 aliphatic heterocycles. The third kappa shape index (κ3) is 3.39. The lowest BCUT2D eigenvalue weighted by Crippen LogP contribution is -2.28. The molecule has 5 nitrogen and oxygen atoms in total. The molecular formula is C25H23ClN4O. The number of benzene rings is 3. The molecule has 5 rings (SSSR count). The smallest absolute Gasteiger partial charge is 0.252 e. The molecule has 1 aliphatic carbocycles. The second-order valence-electron chi connectivity index (χ2n) is 8.27. The Bertz CT molecular complexity index is 1290. The third-order valence-electron chi connectivity index (χ3n) is 6.00. The van der Waals surface area contributed by atoms with Crippen LogP contribution in [0.1, 0.15) is 59.3 Å². The van der Waals surface area contributed by atoms with Crippen molar-refractivity contribution in [2.24, 2.45) is 0 Å². The molecule has 0 radical (unpaired) electrons. The van der Waals surface area contributed by atoms with Gasteiger partial charge in [-0.15, -0.1) is 5.10 Å². The number of nitrogens with zero attached hydrogens (tertiary/aromatic N) is 3. The molecular weight excluding hydrogens is 408 g/mol. The zero-order valence-electron chi connectivity index (χ0n) is 17.5. The van der Waals surface area contributed by atoms with Crippen LogP contribution in [0, 0.1) is 0 Å². The van der Waals surface area contributed by atoms with Crippen LogP contribution in [0.2, 0.25) is 5.02 Å². The number of para-hydroxylation sites is 1. The van der Waals surface area contributed by atoms with Crippen molar-refractivity contribution in [2.75, 3.05) is 0 Å². The van der Waals surface area contributed by atoms with Gasteiger partial charge >= 0.3 is 0 Å². The number of fused-ring (bicyclic) bond motifs is 2. The quantitative estimate of drug-likeness (QED) is 0.457. The molecule has 0 unspecified atom stereocenters. The largest absolute Gasteiger partial charge is 0.345 e. The van der Waals surface area contributed by atoms with E-state index >= 15 is 0 Å². The summed E-state index contributed by atoms with van der Waals surface area (Å²) in [5.41, 5.74) is 6.41. The molecule has 1 aromatic heterocycles. The first-order valence-electron chi connectivity index (χ1n) is 10.6. The molecule has 31 heavy (non-hydrogen) atoms. The molecule has 1 heterocycles. The van der Waals surface area contributed by atoms with Gasteiger partial charge < -0.3 is 5.32 Å². The first-order chi connectivity index (χ1) is 15.0. The monoisotopic (exact) mass is 430 g/mol. The van der Waals surface area contributed by atoms with Crippen LogP contribution in [0.25, 0.3) is 16.7 Å². The van der Waals surface area contributed by atoms with E-state index in [1.165, 1.54) is 11.1 Å². The Labute approximate surface area is 186 Å². The normalized spacial score (nSPS) is 15.4. The van der Waals surface area contributed by atoms with Gasteiger partial charge in [-0.2, -0.15) is 0 Å². The van der Waals surface area contributed by atoms with Crippen LogP contribution in [0.3, 0.4) is 0 Å². The van der Waals surface area contributed by atoms with E-state index in [1.807, 2.05) is 42.5 Å². The second-order valence-corrected chi connectivity index (χ2v) is 8.67. The van der Waals surface area contributed by atoms with Gasteiger partial charge in [0.2, 0.25) is 0 Å². The van der Waals surface area contributed by atoms with Crippen LogP contribution < -0.4 is 5.32 Å². The molecule has 156 valence electrons. The van der Waals surface area contributed by atoms with Gasteiger partial charge in [-0.1, -0.05) is 67.1 Å². The molecule has 6 heteroatoms. The van der Waals surface area contributed by atoms with E-state index < -0.39 is 0 Å². The lowest BCUT2D eigenvalue weighted by atomic mass is 9.94. The van der Waals surface area contributed by atoms with Gasteiger partial charge in [-0.25, -0.2) is 4.68 Å². The Hall–Kier alpha value is -3.18. The number of carbonyl (C=O) groups is 1. The topological polar surface area (TPSA) is 59.8 Å². The standard InChI is InChI=1S/C25H23ClN4O/c1-15(2)23-18(25(31)27-20-13-11-16-7-3-4-8-17(16)20)12-14-22-24(23)28-29-30(22)21-10-6-5-9-19(21)26/h3-10,12,14-15,20H,11,13H2,1-2H3,(H,27,31)/t20-/m0/s1. The molecule has 4 aromatic rings. The van der Waals surface area contributed by atoms with E-state index in [9.17, 15) is 4.79 Å². The molecule has 1 amide bonds. The maximum absolute atomic E-state index is 13.3. The minimum absolute atomic E-state index is 0.0400. The summed E-state index contributed by atoms with van der Waals surface area (Å²) in [4.78, 5) is 13.3. The number of hydrogen-bond donors (Lipinski definition) is 1. The van der Waals surface area contributed by atoms with Crippen molar-refractivity contribution in [1.82, 2.24) is 20.3 Å². The summed E-state index contributed by atoms with van der Waals surface area (Å²) in [6, 6.07) is 19.7. The minimum Gasteiger partial charge on any atom is -0.345 e. The number of amides is 1. The molecule has 1 atom stereocenters. The summed E-state index contributed by atoms with van der Waals surface area (Å²) in [5.74, 6) is 0.0382. The fourth-order valence-corrected chi connectivity index (χ4v) is 4.75. The molecule has 0 bridgehead atoms. The van der Waals surface area contributed by atoms with Crippen LogP contribution in [0.5, 0.6) is 0 Å². The van der Waals surface area contributed by atoms with Crippen molar-refractivity contribution in [1.29, 1.82) is 0 Å². The number of nitrogens with one attached hydrogen (secondary N) is 1. The zero-order valence-corrected chi connectivity index (χ0v) is 18.2. The lowest BCUT2D eigenvalue weighted by molar-refractivity contribution is 0.0935. The van der Waals surface area contributed by atoms with Gasteiger partial charge in [0.1, 0.15) is 5.52 Å². The number of rotatable bonds is 4. The average molecular weight is 431 g/mol. The van der Waals surface area contributed by atoms with Gasteiger partial charge in [0.05, 0.1) is 22.3 Å². The van der Waals surface area contributed by atoms with E-state index in [1.54, 1.807) is 4.68 Å². The highest BCUT2D eigenvalue weighted by molar-refractivity contribution is 6.32. The van der Waals surface area contributed by atoms with E-state index in [2.05, 4.69) is 47.7 Å². The van der Waals surface area contributed by atoms with E-state index in [4.69, 9.17) is 11.6 Å². The highest BCUT2D eigenvalue weighted by Gasteiger charge is 2.26. The van der Waals surface area contributed by atoms with Crippen molar-refractivity contribution < 1.29 is 4.79 Å². The van der Waals surface area contributed by atoms with E-state index in [0.29, 0.717) is 10.6 Å². The Morgan fingerprint density at radius 1 is 1.10 bits per heavy atom. The Balaban J connectivity index is 1.55. The SMILES string of the molecule is CC(C)c1c(C(=O)N[C@H]2CCc3ccccc32)ccc2c1nnn2-c1ccccc1Cl. The predicted octanol–water partition coefficient (Wildman–Crippen LogP) is 5.61. The fraction of sp³-hybridized carbons (Fsp3) is 0.240. The van der Waals surface area contributed by atoms with Crippen molar-refractivity contribution in [3.05, 3.63) is 87.9 Å². The number of hydrogen-bond acceptors (Lipinski definition) is 3. The Kier molecular flexibility index (Phi) is 4.98. The van der Waals surface area contributed by atoms with Crippen molar-refractivity contribution >= 4 is 28.5 Å².